The molecule has 0 radical (unpaired) electrons. The van der Waals surface area contributed by atoms with Gasteiger partial charge < -0.3 is 15.4 Å². The molecule has 25 heavy (non-hydrogen) atoms. The van der Waals surface area contributed by atoms with Gasteiger partial charge in [0.25, 0.3) is 5.91 Å². The van der Waals surface area contributed by atoms with E-state index in [0.29, 0.717) is 5.56 Å². The Labute approximate surface area is 148 Å². The lowest BCUT2D eigenvalue weighted by molar-refractivity contribution is -0.148. The zero-order chi connectivity index (χ0) is 17.8. The molecule has 2 aromatic rings. The number of benzene rings is 1. The van der Waals surface area contributed by atoms with E-state index in [1.165, 1.54) is 12.1 Å². The number of morpholine rings is 1. The van der Waals surface area contributed by atoms with E-state index in [2.05, 4.69) is 15.6 Å². The molecule has 8 heteroatoms. The van der Waals surface area contributed by atoms with Gasteiger partial charge in [-0.25, -0.2) is 4.39 Å². The first-order valence-electron chi connectivity index (χ1n) is 7.58. The number of carbonyl (C=O) groups is 2. The van der Waals surface area contributed by atoms with Crippen LogP contribution in [0.4, 0.5) is 4.39 Å². The van der Waals surface area contributed by atoms with Gasteiger partial charge in [0.1, 0.15) is 12.4 Å². The highest BCUT2D eigenvalue weighted by Crippen LogP contribution is 2.23. The topological polar surface area (TPSA) is 80.3 Å². The van der Waals surface area contributed by atoms with Gasteiger partial charge in [0, 0.05) is 29.5 Å². The Morgan fingerprint density at radius 1 is 1.40 bits per heavy atom. The van der Waals surface area contributed by atoms with Crippen LogP contribution in [0.3, 0.4) is 0 Å². The van der Waals surface area contributed by atoms with Crippen molar-refractivity contribution >= 4 is 23.4 Å². The summed E-state index contributed by atoms with van der Waals surface area (Å²) < 4.78 is 19.2. The molecule has 0 aliphatic carbocycles. The number of aromatic nitrogens is 1. The molecule has 2 heterocycles. The number of hydrogen-bond donors (Lipinski definition) is 2. The molecule has 2 amide bonds. The third kappa shape index (κ3) is 3.94. The molecule has 2 N–H and O–H groups in total. The van der Waals surface area contributed by atoms with Gasteiger partial charge in [0.05, 0.1) is 6.04 Å². The summed E-state index contributed by atoms with van der Waals surface area (Å²) in [6, 6.07) is 7.06. The lowest BCUT2D eigenvalue weighted by atomic mass is 10.0. The number of rotatable bonds is 4. The fraction of sp³-hybridized carbons (Fsp3) is 0.235. The molecule has 1 aromatic carbocycles. The van der Waals surface area contributed by atoms with Gasteiger partial charge in [-0.2, -0.15) is 0 Å². The number of nitrogens with one attached hydrogen (secondary N) is 2. The Morgan fingerprint density at radius 3 is 2.96 bits per heavy atom. The van der Waals surface area contributed by atoms with Gasteiger partial charge in [-0.15, -0.1) is 0 Å². The van der Waals surface area contributed by atoms with Gasteiger partial charge in [-0.1, -0.05) is 23.7 Å². The van der Waals surface area contributed by atoms with Crippen molar-refractivity contribution in [2.75, 3.05) is 6.61 Å². The first-order chi connectivity index (χ1) is 12.1. The summed E-state index contributed by atoms with van der Waals surface area (Å²) in [6.45, 7) is -0.312. The predicted octanol–water partition coefficient (Wildman–Crippen LogP) is 1.75. The molecule has 1 aliphatic rings. The van der Waals surface area contributed by atoms with Crippen LogP contribution in [-0.4, -0.2) is 29.5 Å². The van der Waals surface area contributed by atoms with Crippen LogP contribution in [0.1, 0.15) is 17.2 Å². The minimum absolute atomic E-state index is 0.0854. The quantitative estimate of drug-likeness (QED) is 0.867. The highest BCUT2D eigenvalue weighted by atomic mass is 35.5. The zero-order valence-electron chi connectivity index (χ0n) is 13.0. The summed E-state index contributed by atoms with van der Waals surface area (Å²) in [7, 11) is 0. The first-order valence-corrected chi connectivity index (χ1v) is 7.95. The van der Waals surface area contributed by atoms with Crippen molar-refractivity contribution in [3.8, 4) is 0 Å². The van der Waals surface area contributed by atoms with Crippen LogP contribution in [0.25, 0.3) is 0 Å². The number of amides is 2. The molecule has 0 bridgehead atoms. The highest BCUT2D eigenvalue weighted by molar-refractivity contribution is 6.31. The Morgan fingerprint density at radius 2 is 2.24 bits per heavy atom. The Balaban J connectivity index is 1.74. The summed E-state index contributed by atoms with van der Waals surface area (Å²) in [5.41, 5.74) is 0.829. The molecule has 2 atom stereocenters. The van der Waals surface area contributed by atoms with E-state index in [0.717, 1.165) is 0 Å². The second kappa shape index (κ2) is 7.58. The maximum absolute atomic E-state index is 13.8. The van der Waals surface area contributed by atoms with Crippen molar-refractivity contribution in [3.63, 3.8) is 0 Å². The van der Waals surface area contributed by atoms with E-state index in [1.54, 1.807) is 30.6 Å². The van der Waals surface area contributed by atoms with Crippen molar-refractivity contribution in [2.45, 2.75) is 18.7 Å². The van der Waals surface area contributed by atoms with Crippen LogP contribution >= 0.6 is 11.6 Å². The van der Waals surface area contributed by atoms with E-state index in [9.17, 15) is 14.0 Å². The fourth-order valence-corrected chi connectivity index (χ4v) is 2.80. The number of hydrogen-bond acceptors (Lipinski definition) is 4. The largest absolute Gasteiger partial charge is 0.356 e. The molecule has 1 saturated heterocycles. The lowest BCUT2D eigenvalue weighted by Crippen LogP contribution is -2.52. The SMILES string of the molecule is O=C1CO[C@H](C(=O)NCc2c(F)cccc2Cl)[C@@H](c2cccnc2)N1. The average Bonchev–Trinajstić information content (AvgIpc) is 2.62. The third-order valence-corrected chi connectivity index (χ3v) is 4.17. The highest BCUT2D eigenvalue weighted by Gasteiger charge is 2.36. The van der Waals surface area contributed by atoms with Gasteiger partial charge in [0.2, 0.25) is 5.91 Å². The molecule has 0 saturated carbocycles. The van der Waals surface area contributed by atoms with E-state index < -0.39 is 23.9 Å². The molecule has 6 nitrogen and oxygen atoms in total. The molecule has 0 spiro atoms. The normalized spacial score (nSPS) is 20.0. The summed E-state index contributed by atoms with van der Waals surface area (Å²) >= 11 is 5.95. The number of nitrogens with zero attached hydrogens (tertiary/aromatic N) is 1. The molecule has 130 valence electrons. The molecule has 0 unspecified atom stereocenters. The zero-order valence-corrected chi connectivity index (χ0v) is 13.8. The number of carbonyl (C=O) groups excluding carboxylic acids is 2. The van der Waals surface area contributed by atoms with E-state index in [4.69, 9.17) is 16.3 Å². The number of pyridine rings is 1. The third-order valence-electron chi connectivity index (χ3n) is 3.82. The van der Waals surface area contributed by atoms with Crippen molar-refractivity contribution in [3.05, 3.63) is 64.7 Å². The Bertz CT molecular complexity index is 768. The summed E-state index contributed by atoms with van der Waals surface area (Å²) in [5, 5.41) is 5.55. The van der Waals surface area contributed by atoms with Crippen LogP contribution in [0.2, 0.25) is 5.02 Å². The van der Waals surface area contributed by atoms with Crippen molar-refractivity contribution < 1.29 is 18.7 Å². The smallest absolute Gasteiger partial charge is 0.251 e. The minimum atomic E-state index is -0.951. The van der Waals surface area contributed by atoms with Crippen LogP contribution < -0.4 is 10.6 Å². The van der Waals surface area contributed by atoms with Crippen LogP contribution in [0.5, 0.6) is 0 Å². The standard InChI is InChI=1S/C17H15ClFN3O3/c18-12-4-1-5-13(19)11(12)8-21-17(24)16-15(22-14(23)9-25-16)10-3-2-6-20-7-10/h1-7,15-16H,8-9H2,(H,21,24)(H,22,23)/t15-,16+/m1/s1. The second-order valence-corrected chi connectivity index (χ2v) is 5.89. The van der Waals surface area contributed by atoms with Crippen molar-refractivity contribution in [1.29, 1.82) is 0 Å². The number of ether oxygens (including phenoxy) is 1. The fourth-order valence-electron chi connectivity index (χ4n) is 2.57. The molecule has 1 aliphatic heterocycles. The first kappa shape index (κ1) is 17.3. The average molecular weight is 364 g/mol. The molecule has 3 rings (SSSR count). The molecule has 1 fully saturated rings. The lowest BCUT2D eigenvalue weighted by Gasteiger charge is -2.31. The summed E-state index contributed by atoms with van der Waals surface area (Å²) in [4.78, 5) is 28.1. The van der Waals surface area contributed by atoms with Crippen LogP contribution in [0.15, 0.2) is 42.7 Å². The van der Waals surface area contributed by atoms with Crippen molar-refractivity contribution in [2.24, 2.45) is 0 Å². The summed E-state index contributed by atoms with van der Waals surface area (Å²) in [6.07, 6.45) is 2.19. The maximum Gasteiger partial charge on any atom is 0.251 e. The molecular formula is C17H15ClFN3O3. The van der Waals surface area contributed by atoms with Crippen LogP contribution in [0, 0.1) is 5.82 Å². The van der Waals surface area contributed by atoms with Crippen LogP contribution in [-0.2, 0) is 20.9 Å². The van der Waals surface area contributed by atoms with Gasteiger partial charge in [-0.05, 0) is 23.8 Å². The Kier molecular flexibility index (Phi) is 5.25. The van der Waals surface area contributed by atoms with Crippen molar-refractivity contribution in [1.82, 2.24) is 15.6 Å². The second-order valence-electron chi connectivity index (χ2n) is 5.48. The minimum Gasteiger partial charge on any atom is -0.356 e. The van der Waals surface area contributed by atoms with E-state index in [1.807, 2.05) is 0 Å². The Hall–Kier alpha value is -2.51. The van der Waals surface area contributed by atoms with Gasteiger partial charge in [0.15, 0.2) is 6.10 Å². The molecule has 1 aromatic heterocycles. The number of halogens is 2. The van der Waals surface area contributed by atoms with E-state index in [-0.39, 0.29) is 29.6 Å². The maximum atomic E-state index is 13.8. The molecular weight excluding hydrogens is 349 g/mol. The predicted molar refractivity (Wildman–Crippen MR) is 88.1 cm³/mol. The summed E-state index contributed by atoms with van der Waals surface area (Å²) in [5.74, 6) is -1.31. The monoisotopic (exact) mass is 363 g/mol. The van der Waals surface area contributed by atoms with Gasteiger partial charge >= 0.3 is 0 Å². The van der Waals surface area contributed by atoms with Gasteiger partial charge in [-0.3, -0.25) is 14.6 Å². The van der Waals surface area contributed by atoms with E-state index >= 15 is 0 Å².